The number of esters is 1. The number of likely N-dealkylation sites (N-methyl/N-ethyl adjacent to an activating group) is 1. The summed E-state index contributed by atoms with van der Waals surface area (Å²) in [5.41, 5.74) is 9.27. The number of phenols is 1. The maximum absolute atomic E-state index is 14.7. The number of carbonyl (C=O) groups excluding carboxylic acids is 4. The lowest BCUT2D eigenvalue weighted by atomic mass is 9.84. The summed E-state index contributed by atoms with van der Waals surface area (Å²) < 4.78 is 14.2. The number of hydrogen-bond donors (Lipinski definition) is 4. The third-order valence-electron chi connectivity index (χ3n) is 13.8. The van der Waals surface area contributed by atoms with E-state index in [9.17, 15) is 24.3 Å². The molecule has 0 spiro atoms. The van der Waals surface area contributed by atoms with Gasteiger partial charge in [0.25, 0.3) is 5.91 Å². The molecule has 63 heavy (non-hydrogen) atoms. The maximum atomic E-state index is 14.7. The zero-order valence-corrected chi connectivity index (χ0v) is 37.9. The van der Waals surface area contributed by atoms with E-state index >= 15 is 0 Å². The number of nitrogens with one attached hydrogen (secondary N) is 3. The van der Waals surface area contributed by atoms with E-state index in [1.807, 2.05) is 39.0 Å². The van der Waals surface area contributed by atoms with Gasteiger partial charge in [0.15, 0.2) is 0 Å². The van der Waals surface area contributed by atoms with E-state index in [1.54, 1.807) is 37.4 Å². The van der Waals surface area contributed by atoms with Crippen LogP contribution in [0.1, 0.15) is 83.7 Å². The molecule has 5 heterocycles. The lowest BCUT2D eigenvalue weighted by Crippen LogP contribution is -2.62. The van der Waals surface area contributed by atoms with Crippen LogP contribution in [0.3, 0.4) is 0 Å². The molecule has 4 aromatic rings. The molecule has 4 aliphatic rings. The van der Waals surface area contributed by atoms with Gasteiger partial charge in [-0.25, -0.2) is 5.43 Å². The van der Waals surface area contributed by atoms with Crippen molar-refractivity contribution in [1.82, 2.24) is 35.5 Å². The van der Waals surface area contributed by atoms with E-state index in [0.717, 1.165) is 57.5 Å². The largest absolute Gasteiger partial charge is 0.508 e. The Bertz CT molecular complexity index is 2430. The molecule has 3 amide bonds. The molecule has 1 saturated carbocycles. The van der Waals surface area contributed by atoms with Gasteiger partial charge < -0.3 is 34.7 Å². The molecule has 6 bridgehead atoms. The molecule has 8 rings (SSSR count). The average molecular weight is 862 g/mol. The number of nitrogens with zero attached hydrogens (tertiary/aromatic N) is 4. The molecular weight excluding hydrogens is 799 g/mol. The second kappa shape index (κ2) is 17.3. The van der Waals surface area contributed by atoms with Crippen molar-refractivity contribution < 1.29 is 33.8 Å². The van der Waals surface area contributed by atoms with Crippen LogP contribution >= 0.6 is 0 Å². The van der Waals surface area contributed by atoms with Crippen molar-refractivity contribution in [3.8, 4) is 28.1 Å². The number of benzene rings is 2. The van der Waals surface area contributed by atoms with Crippen molar-refractivity contribution in [2.45, 2.75) is 104 Å². The van der Waals surface area contributed by atoms with Crippen molar-refractivity contribution in [2.24, 2.45) is 22.7 Å². The third-order valence-corrected chi connectivity index (χ3v) is 13.8. The number of fused-ring (bicyclic) bond motifs is 7. The minimum Gasteiger partial charge on any atom is -0.508 e. The Morgan fingerprint density at radius 3 is 2.60 bits per heavy atom. The zero-order valence-electron chi connectivity index (χ0n) is 37.9. The Balaban J connectivity index is 1.23. The van der Waals surface area contributed by atoms with Gasteiger partial charge in [-0.05, 0) is 117 Å². The number of hydrogen-bond acceptors (Lipinski definition) is 10. The summed E-state index contributed by atoms with van der Waals surface area (Å²) >= 11 is 0. The van der Waals surface area contributed by atoms with Gasteiger partial charge in [-0.1, -0.05) is 39.8 Å². The quantitative estimate of drug-likeness (QED) is 0.157. The van der Waals surface area contributed by atoms with E-state index in [4.69, 9.17) is 14.5 Å². The van der Waals surface area contributed by atoms with Crippen LogP contribution in [0.15, 0.2) is 54.7 Å². The molecule has 2 aromatic heterocycles. The summed E-state index contributed by atoms with van der Waals surface area (Å²) in [6, 6.07) is 12.9. The predicted molar refractivity (Wildman–Crippen MR) is 240 cm³/mol. The standard InChI is InChI=1S/C49H63N7O7/c1-9-55-40-15-14-31-22-36(40)37(43(55)35-12-10-16-51-41(35)29(4)62-8)24-48(5,6)27-63-46(60)38-13-11-17-56(53-38)45(59)39(20-30-18-32(31)21-34(57)19-30)52-44(58)42(28(2)3)54(7)47(61)49-23-33(49)25-50-26-49/h10,12,14-16,18-19,21-22,28-29,33,38-39,42,50,53,57H,9,11,13,17,20,23-27H2,1-8H3,(H,52,58)/t29-,33?,38-,39-,42-,49?/m0/s1. The number of pyridine rings is 1. The van der Waals surface area contributed by atoms with Gasteiger partial charge in [0, 0.05) is 68.3 Å². The number of ether oxygens (including phenoxy) is 2. The first-order valence-corrected chi connectivity index (χ1v) is 22.5. The van der Waals surface area contributed by atoms with Crippen LogP contribution in [0, 0.1) is 22.7 Å². The van der Waals surface area contributed by atoms with Gasteiger partial charge in [0.05, 0.1) is 29.5 Å². The lowest BCUT2D eigenvalue weighted by Gasteiger charge is -2.37. The molecule has 3 fully saturated rings. The Kier molecular flexibility index (Phi) is 12.2. The Hall–Kier alpha value is -5.31. The smallest absolute Gasteiger partial charge is 0.324 e. The summed E-state index contributed by atoms with van der Waals surface area (Å²) in [5.74, 6) is -1.36. The van der Waals surface area contributed by atoms with Crippen LogP contribution in [0.2, 0.25) is 0 Å². The number of rotatable bonds is 9. The van der Waals surface area contributed by atoms with Crippen molar-refractivity contribution in [2.75, 3.05) is 40.4 Å². The van der Waals surface area contributed by atoms with Crippen LogP contribution in [0.5, 0.6) is 5.75 Å². The highest BCUT2D eigenvalue weighted by molar-refractivity contribution is 5.96. The number of aromatic nitrogens is 2. The molecular formula is C49H63N7O7. The lowest BCUT2D eigenvalue weighted by molar-refractivity contribution is -0.155. The minimum atomic E-state index is -1.10. The minimum absolute atomic E-state index is 0.0176. The van der Waals surface area contributed by atoms with E-state index < -0.39 is 46.7 Å². The van der Waals surface area contributed by atoms with Gasteiger partial charge in [0.1, 0.15) is 23.9 Å². The number of hydrazine groups is 1. The fourth-order valence-electron chi connectivity index (χ4n) is 10.4. The van der Waals surface area contributed by atoms with Gasteiger partial charge in [0.2, 0.25) is 11.8 Å². The zero-order chi connectivity index (χ0) is 45.0. The van der Waals surface area contributed by atoms with Crippen LogP contribution in [0.4, 0.5) is 0 Å². The number of phenolic OH excluding ortho intramolecular Hbond substituents is 1. The van der Waals surface area contributed by atoms with Gasteiger partial charge in [-0.15, -0.1) is 0 Å². The summed E-state index contributed by atoms with van der Waals surface area (Å²) in [4.78, 5) is 63.3. The predicted octanol–water partition coefficient (Wildman–Crippen LogP) is 5.54. The number of carbonyl (C=O) groups is 4. The van der Waals surface area contributed by atoms with Crippen molar-refractivity contribution >= 4 is 34.6 Å². The molecule has 6 atom stereocenters. The number of cyclic esters (lactones) is 1. The van der Waals surface area contributed by atoms with E-state index in [-0.39, 0.29) is 42.6 Å². The van der Waals surface area contributed by atoms with E-state index in [2.05, 4.69) is 59.6 Å². The molecule has 1 aliphatic carbocycles. The normalized spacial score (nSPS) is 24.3. The number of piperidine rings is 1. The third kappa shape index (κ3) is 8.45. The highest BCUT2D eigenvalue weighted by atomic mass is 16.5. The first kappa shape index (κ1) is 44.3. The molecule has 2 unspecified atom stereocenters. The molecule has 14 nitrogen and oxygen atoms in total. The average Bonchev–Trinajstić information content (AvgIpc) is 3.68. The van der Waals surface area contributed by atoms with Crippen LogP contribution < -0.4 is 16.1 Å². The molecule has 14 heteroatoms. The van der Waals surface area contributed by atoms with E-state index in [1.165, 1.54) is 5.01 Å². The Labute approximate surface area is 370 Å². The number of aryl methyl sites for hydroxylation is 1. The summed E-state index contributed by atoms with van der Waals surface area (Å²) in [5, 5.41) is 20.1. The van der Waals surface area contributed by atoms with E-state index in [0.29, 0.717) is 44.5 Å². The van der Waals surface area contributed by atoms with Crippen molar-refractivity contribution in [3.63, 3.8) is 0 Å². The first-order chi connectivity index (χ1) is 30.0. The molecule has 0 radical (unpaired) electrons. The van der Waals surface area contributed by atoms with Gasteiger partial charge in [-0.3, -0.25) is 29.2 Å². The fourth-order valence-corrected chi connectivity index (χ4v) is 10.4. The van der Waals surface area contributed by atoms with Crippen LogP contribution in [0.25, 0.3) is 33.3 Å². The van der Waals surface area contributed by atoms with Crippen LogP contribution in [-0.2, 0) is 48.0 Å². The molecule has 4 N–H and O–H groups in total. The summed E-state index contributed by atoms with van der Waals surface area (Å²) in [6.07, 6.45) is 3.92. The summed E-state index contributed by atoms with van der Waals surface area (Å²) in [7, 11) is 3.36. The maximum Gasteiger partial charge on any atom is 0.324 e. The molecule has 2 aromatic carbocycles. The second-order valence-electron chi connectivity index (χ2n) is 19.3. The van der Waals surface area contributed by atoms with Crippen LogP contribution in [-0.4, -0.2) is 107 Å². The summed E-state index contributed by atoms with van der Waals surface area (Å²) in [6.45, 7) is 14.6. The topological polar surface area (TPSA) is 167 Å². The van der Waals surface area contributed by atoms with Gasteiger partial charge >= 0.3 is 5.97 Å². The molecule has 336 valence electrons. The number of aromatic hydroxyl groups is 1. The fraction of sp³-hybridized carbons (Fsp3) is 0.531. The SMILES string of the molecule is CCn1c(-c2cccnc2[C@H](C)OC)c2c3cc(ccc31)-c1cc(O)cc(c1)C[C@H](NC(=O)[C@H](C(C)C)N(C)C(=O)C13CNCC1C3)C(=O)N1CCC[C@H](N1)C(=O)OCC(C)(C)C2. The monoisotopic (exact) mass is 861 g/mol. The van der Waals surface area contributed by atoms with Crippen molar-refractivity contribution in [1.29, 1.82) is 0 Å². The second-order valence-corrected chi connectivity index (χ2v) is 19.3. The highest BCUT2D eigenvalue weighted by Crippen LogP contribution is 2.56. The first-order valence-electron chi connectivity index (χ1n) is 22.5. The Morgan fingerprint density at radius 2 is 1.90 bits per heavy atom. The van der Waals surface area contributed by atoms with Crippen molar-refractivity contribution in [3.05, 3.63) is 71.5 Å². The number of amides is 3. The molecule has 2 saturated heterocycles. The molecule has 3 aliphatic heterocycles. The highest BCUT2D eigenvalue weighted by Gasteiger charge is 2.64. The number of methoxy groups -OCH3 is 1. The van der Waals surface area contributed by atoms with Gasteiger partial charge in [-0.2, -0.15) is 0 Å². The Morgan fingerprint density at radius 1 is 1.11 bits per heavy atom.